The Morgan fingerprint density at radius 3 is 2.44 bits per heavy atom. The highest BCUT2D eigenvalue weighted by atomic mass is 16.5. The van der Waals surface area contributed by atoms with Crippen LogP contribution >= 0.6 is 0 Å². The van der Waals surface area contributed by atoms with Crippen molar-refractivity contribution in [2.45, 2.75) is 32.7 Å². The van der Waals surface area contributed by atoms with Crippen LogP contribution in [0.15, 0.2) is 0 Å². The van der Waals surface area contributed by atoms with Gasteiger partial charge >= 0.3 is 12.0 Å². The van der Waals surface area contributed by atoms with E-state index in [4.69, 9.17) is 9.84 Å². The molecule has 0 aromatic heterocycles. The molecule has 0 saturated heterocycles. The van der Waals surface area contributed by atoms with Crippen LogP contribution in [0.2, 0.25) is 0 Å². The number of hydrogen-bond acceptors (Lipinski definition) is 3. The summed E-state index contributed by atoms with van der Waals surface area (Å²) in [5.41, 5.74) is 0. The Bertz CT molecular complexity index is 269. The molecule has 0 fully saturated rings. The smallest absolute Gasteiger partial charge is 0.326 e. The fraction of sp³-hybridized carbons (Fsp3) is 0.833. The fourth-order valence-electron chi connectivity index (χ4n) is 1.50. The Labute approximate surface area is 108 Å². The topological polar surface area (TPSA) is 78.9 Å². The maximum Gasteiger partial charge on any atom is 0.326 e. The first-order valence-electron chi connectivity index (χ1n) is 6.11. The van der Waals surface area contributed by atoms with Gasteiger partial charge < -0.3 is 20.1 Å². The van der Waals surface area contributed by atoms with E-state index in [1.165, 1.54) is 4.90 Å². The van der Waals surface area contributed by atoms with Crippen molar-refractivity contribution >= 4 is 12.0 Å². The molecule has 0 rings (SSSR count). The summed E-state index contributed by atoms with van der Waals surface area (Å²) >= 11 is 0. The number of hydrogen-bond donors (Lipinski definition) is 2. The molecule has 1 atom stereocenters. The number of carboxylic acids is 1. The number of urea groups is 1. The Kier molecular flexibility index (Phi) is 8.11. The average molecular weight is 260 g/mol. The highest BCUT2D eigenvalue weighted by molar-refractivity contribution is 5.82. The number of aliphatic carboxylic acids is 1. The van der Waals surface area contributed by atoms with Crippen LogP contribution in [0.4, 0.5) is 4.79 Å². The molecule has 0 aliphatic rings. The lowest BCUT2D eigenvalue weighted by atomic mass is 10.0. The Hall–Kier alpha value is -1.30. The summed E-state index contributed by atoms with van der Waals surface area (Å²) in [7, 11) is 3.24. The van der Waals surface area contributed by atoms with Gasteiger partial charge in [-0.05, 0) is 18.8 Å². The van der Waals surface area contributed by atoms with Crippen LogP contribution < -0.4 is 5.32 Å². The van der Waals surface area contributed by atoms with Crippen LogP contribution in [-0.2, 0) is 9.53 Å². The molecule has 0 spiro atoms. The van der Waals surface area contributed by atoms with Gasteiger partial charge in [0.25, 0.3) is 0 Å². The summed E-state index contributed by atoms with van der Waals surface area (Å²) in [5, 5.41) is 11.5. The second kappa shape index (κ2) is 8.74. The predicted molar refractivity (Wildman–Crippen MR) is 68.5 cm³/mol. The molecule has 0 bridgehead atoms. The Morgan fingerprint density at radius 1 is 1.39 bits per heavy atom. The highest BCUT2D eigenvalue weighted by Crippen LogP contribution is 2.05. The fourth-order valence-corrected chi connectivity index (χ4v) is 1.50. The number of methoxy groups -OCH3 is 1. The van der Waals surface area contributed by atoms with E-state index in [0.29, 0.717) is 19.6 Å². The van der Waals surface area contributed by atoms with Gasteiger partial charge in [0.2, 0.25) is 0 Å². The van der Waals surface area contributed by atoms with E-state index in [0.717, 1.165) is 6.42 Å². The molecule has 1 unspecified atom stereocenters. The van der Waals surface area contributed by atoms with E-state index in [9.17, 15) is 9.59 Å². The number of ether oxygens (including phenoxy) is 1. The molecule has 2 amide bonds. The van der Waals surface area contributed by atoms with Crippen molar-refractivity contribution in [1.29, 1.82) is 0 Å². The normalized spacial score (nSPS) is 12.3. The number of carboxylic acid groups (broad SMARTS) is 1. The van der Waals surface area contributed by atoms with Crippen LogP contribution in [-0.4, -0.2) is 55.4 Å². The molecule has 0 heterocycles. The third-order valence-electron chi connectivity index (χ3n) is 2.49. The van der Waals surface area contributed by atoms with Crippen LogP contribution in [0, 0.1) is 5.92 Å². The van der Waals surface area contributed by atoms with Crippen molar-refractivity contribution in [3.63, 3.8) is 0 Å². The lowest BCUT2D eigenvalue weighted by molar-refractivity contribution is -0.139. The Balaban J connectivity index is 4.19. The summed E-state index contributed by atoms with van der Waals surface area (Å²) in [6.45, 7) is 4.95. The van der Waals surface area contributed by atoms with E-state index in [-0.39, 0.29) is 11.9 Å². The lowest BCUT2D eigenvalue weighted by Gasteiger charge is -2.22. The maximum absolute atomic E-state index is 11.7. The van der Waals surface area contributed by atoms with E-state index in [2.05, 4.69) is 5.32 Å². The molecular formula is C12H24N2O4. The first kappa shape index (κ1) is 16.7. The van der Waals surface area contributed by atoms with Gasteiger partial charge in [0.1, 0.15) is 6.04 Å². The Morgan fingerprint density at radius 2 is 2.00 bits per heavy atom. The summed E-state index contributed by atoms with van der Waals surface area (Å²) < 4.78 is 4.89. The van der Waals surface area contributed by atoms with Gasteiger partial charge in [-0.2, -0.15) is 0 Å². The van der Waals surface area contributed by atoms with Gasteiger partial charge in [-0.3, -0.25) is 0 Å². The number of rotatable bonds is 8. The summed E-state index contributed by atoms with van der Waals surface area (Å²) in [6, 6.07) is -1.19. The molecule has 106 valence electrons. The second-order valence-corrected chi connectivity index (χ2v) is 4.74. The molecule has 0 radical (unpaired) electrons. The monoisotopic (exact) mass is 260 g/mol. The maximum atomic E-state index is 11.7. The van der Waals surface area contributed by atoms with E-state index < -0.39 is 12.0 Å². The van der Waals surface area contributed by atoms with Crippen LogP contribution in [0.3, 0.4) is 0 Å². The van der Waals surface area contributed by atoms with Gasteiger partial charge in [-0.25, -0.2) is 9.59 Å². The van der Waals surface area contributed by atoms with Crippen molar-refractivity contribution in [3.8, 4) is 0 Å². The standard InChI is InChI=1S/C12H24N2O4/c1-9(2)8-10(11(15)16)13-12(17)14(3)6-5-7-18-4/h9-10H,5-8H2,1-4H3,(H,13,17)(H,15,16). The summed E-state index contributed by atoms with van der Waals surface area (Å²) in [6.07, 6.45) is 1.15. The molecule has 18 heavy (non-hydrogen) atoms. The number of nitrogens with one attached hydrogen (secondary N) is 1. The average Bonchev–Trinajstić information content (AvgIpc) is 2.27. The van der Waals surface area contributed by atoms with Gasteiger partial charge in [0.05, 0.1) is 0 Å². The van der Waals surface area contributed by atoms with Crippen molar-refractivity contribution in [3.05, 3.63) is 0 Å². The largest absolute Gasteiger partial charge is 0.480 e. The minimum atomic E-state index is -0.998. The predicted octanol–water partition coefficient (Wildman–Crippen LogP) is 1.16. The molecule has 6 nitrogen and oxygen atoms in total. The molecule has 0 aromatic rings. The van der Waals surface area contributed by atoms with Crippen molar-refractivity contribution in [1.82, 2.24) is 10.2 Å². The molecule has 6 heteroatoms. The minimum Gasteiger partial charge on any atom is -0.480 e. The van der Waals surface area contributed by atoms with Gasteiger partial charge in [-0.15, -0.1) is 0 Å². The zero-order chi connectivity index (χ0) is 14.1. The first-order valence-corrected chi connectivity index (χ1v) is 6.11. The van der Waals surface area contributed by atoms with E-state index >= 15 is 0 Å². The van der Waals surface area contributed by atoms with Crippen molar-refractivity contribution in [2.24, 2.45) is 5.92 Å². The van der Waals surface area contributed by atoms with Crippen molar-refractivity contribution in [2.75, 3.05) is 27.3 Å². The van der Waals surface area contributed by atoms with Gasteiger partial charge in [0.15, 0.2) is 0 Å². The van der Waals surface area contributed by atoms with Gasteiger partial charge in [-0.1, -0.05) is 13.8 Å². The summed E-state index contributed by atoms with van der Waals surface area (Å²) in [4.78, 5) is 24.2. The third-order valence-corrected chi connectivity index (χ3v) is 2.49. The van der Waals surface area contributed by atoms with Crippen LogP contribution in [0.5, 0.6) is 0 Å². The van der Waals surface area contributed by atoms with Crippen LogP contribution in [0.25, 0.3) is 0 Å². The molecule has 0 aromatic carbocycles. The number of carbonyl (C=O) groups is 2. The lowest BCUT2D eigenvalue weighted by Crippen LogP contribution is -2.47. The number of carbonyl (C=O) groups excluding carboxylic acids is 1. The number of nitrogens with zero attached hydrogens (tertiary/aromatic N) is 1. The van der Waals surface area contributed by atoms with E-state index in [1.807, 2.05) is 13.8 Å². The quantitative estimate of drug-likeness (QED) is 0.642. The van der Waals surface area contributed by atoms with E-state index in [1.54, 1.807) is 14.2 Å². The van der Waals surface area contributed by atoms with Crippen LogP contribution in [0.1, 0.15) is 26.7 Å². The van der Waals surface area contributed by atoms with Gasteiger partial charge in [0, 0.05) is 27.3 Å². The number of amides is 2. The zero-order valence-corrected chi connectivity index (χ0v) is 11.6. The van der Waals surface area contributed by atoms with Crippen molar-refractivity contribution < 1.29 is 19.4 Å². The molecule has 0 aliphatic heterocycles. The molecule has 0 saturated carbocycles. The molecule has 0 aliphatic carbocycles. The first-order chi connectivity index (χ1) is 8.38. The third kappa shape index (κ3) is 7.11. The second-order valence-electron chi connectivity index (χ2n) is 4.74. The highest BCUT2D eigenvalue weighted by Gasteiger charge is 2.22. The zero-order valence-electron chi connectivity index (χ0n) is 11.6. The minimum absolute atomic E-state index is 0.213. The summed E-state index contributed by atoms with van der Waals surface area (Å²) in [5.74, 6) is -0.785. The SMILES string of the molecule is COCCCN(C)C(=O)NC(CC(C)C)C(=O)O. The molecular weight excluding hydrogens is 236 g/mol. The molecule has 2 N–H and O–H groups in total.